The number of hydrogen-bond acceptors (Lipinski definition) is 2. The monoisotopic (exact) mass is 291 g/mol. The second-order valence-corrected chi connectivity index (χ2v) is 3.25. The van der Waals surface area contributed by atoms with Crippen LogP contribution >= 0.6 is 0 Å². The molecule has 118 valence electrons. The van der Waals surface area contributed by atoms with Gasteiger partial charge in [0.25, 0.3) is 5.91 Å². The highest BCUT2D eigenvalue weighted by atomic mass is 16.3. The molecule has 0 aliphatic heterocycles. The third-order valence-electron chi connectivity index (χ3n) is 1.74. The number of likely N-dealkylation sites (N-methyl/N-ethyl adjacent to an activating group) is 1. The molecule has 0 aliphatic rings. The summed E-state index contributed by atoms with van der Waals surface area (Å²) in [6.07, 6.45) is 11.1. The summed E-state index contributed by atoms with van der Waals surface area (Å²) in [7, 11) is 0. The van der Waals surface area contributed by atoms with Crippen molar-refractivity contribution in [3.8, 4) is 0 Å². The van der Waals surface area contributed by atoms with Crippen molar-refractivity contribution in [2.45, 2.75) is 27.7 Å². The van der Waals surface area contributed by atoms with Gasteiger partial charge in [-0.3, -0.25) is 4.79 Å². The molecule has 0 radical (unpaired) electrons. The maximum absolute atomic E-state index is 11.1. The zero-order valence-electron chi connectivity index (χ0n) is 13.7. The molecule has 0 saturated heterocycles. The van der Waals surface area contributed by atoms with Crippen LogP contribution < -0.4 is 5.32 Å². The largest absolute Gasteiger partial charge is 0.508 e. The lowest BCUT2D eigenvalue weighted by Crippen LogP contribution is -2.23. The van der Waals surface area contributed by atoms with Gasteiger partial charge in [-0.15, -0.1) is 0 Å². The fraction of sp³-hybridized carbons (Fsp3) is 0.278. The third kappa shape index (κ3) is 17.7. The summed E-state index contributed by atoms with van der Waals surface area (Å²) >= 11 is 0. The Bertz CT molecular complexity index is 388. The van der Waals surface area contributed by atoms with Crippen LogP contribution in [0.5, 0.6) is 0 Å². The van der Waals surface area contributed by atoms with E-state index >= 15 is 0 Å². The number of aliphatic hydroxyl groups is 1. The predicted molar refractivity (Wildman–Crippen MR) is 94.2 cm³/mol. The van der Waals surface area contributed by atoms with E-state index in [4.69, 9.17) is 5.11 Å². The smallest absolute Gasteiger partial charge is 0.251 e. The summed E-state index contributed by atoms with van der Waals surface area (Å²) in [6, 6.07) is 0. The topological polar surface area (TPSA) is 49.3 Å². The van der Waals surface area contributed by atoms with Gasteiger partial charge in [-0.1, -0.05) is 64.0 Å². The van der Waals surface area contributed by atoms with Crippen molar-refractivity contribution < 1.29 is 9.90 Å². The van der Waals surface area contributed by atoms with Crippen LogP contribution in [0.15, 0.2) is 73.6 Å². The van der Waals surface area contributed by atoms with Gasteiger partial charge in [-0.25, -0.2) is 0 Å². The number of carbonyl (C=O) groups excluding carboxylic acids is 1. The number of nitrogens with one attached hydrogen (secondary N) is 1. The van der Waals surface area contributed by atoms with Gasteiger partial charge in [0.15, 0.2) is 0 Å². The Kier molecular flexibility index (Phi) is 22.7. The van der Waals surface area contributed by atoms with Crippen LogP contribution in [0.3, 0.4) is 0 Å². The van der Waals surface area contributed by atoms with Gasteiger partial charge in [-0.2, -0.15) is 0 Å². The van der Waals surface area contributed by atoms with Crippen molar-refractivity contribution in [2.24, 2.45) is 0 Å². The van der Waals surface area contributed by atoms with E-state index in [0.717, 1.165) is 0 Å². The standard InChI is InChI=1S/C9H13NO.C7H10O.C2H6/c1-4-7-8(5-2)9(11)10-6-3;1-3-5-7(8)6-4-2;1-2/h4-5,7H,1-2,6H2,3H3,(H,10,11);3-6,8H,1H2,2H3;1-2H3/b8-7+;6-4-,7-5+;. The van der Waals surface area contributed by atoms with Gasteiger partial charge in [0.05, 0.1) is 0 Å². The quantitative estimate of drug-likeness (QED) is 0.425. The Hall–Kier alpha value is -2.29. The van der Waals surface area contributed by atoms with Crippen LogP contribution in [0.4, 0.5) is 0 Å². The highest BCUT2D eigenvalue weighted by Crippen LogP contribution is 1.95. The second-order valence-electron chi connectivity index (χ2n) is 3.25. The van der Waals surface area contributed by atoms with E-state index in [1.165, 1.54) is 18.2 Å². The second kappa shape index (κ2) is 20.0. The number of carbonyl (C=O) groups is 1. The van der Waals surface area contributed by atoms with Crippen molar-refractivity contribution in [2.75, 3.05) is 6.54 Å². The zero-order valence-corrected chi connectivity index (χ0v) is 13.7. The minimum absolute atomic E-state index is 0.109. The van der Waals surface area contributed by atoms with E-state index in [0.29, 0.717) is 12.1 Å². The maximum atomic E-state index is 11.1. The molecule has 21 heavy (non-hydrogen) atoms. The molecule has 0 fully saturated rings. The molecule has 0 rings (SSSR count). The minimum Gasteiger partial charge on any atom is -0.508 e. The lowest BCUT2D eigenvalue weighted by molar-refractivity contribution is -0.117. The Morgan fingerprint density at radius 3 is 2.00 bits per heavy atom. The number of allylic oxidation sites excluding steroid dienone is 6. The molecule has 0 aromatic heterocycles. The Morgan fingerprint density at radius 2 is 1.67 bits per heavy atom. The molecule has 0 bridgehead atoms. The lowest BCUT2D eigenvalue weighted by atomic mass is 10.2. The molecular formula is C18H29NO2. The third-order valence-corrected chi connectivity index (χ3v) is 1.74. The Labute approximate surface area is 129 Å². The number of hydrogen-bond donors (Lipinski definition) is 2. The van der Waals surface area contributed by atoms with Crippen molar-refractivity contribution in [3.63, 3.8) is 0 Å². The molecule has 0 aromatic rings. The average Bonchev–Trinajstić information content (AvgIpc) is 2.48. The average molecular weight is 291 g/mol. The molecule has 0 saturated carbocycles. The van der Waals surface area contributed by atoms with Crippen LogP contribution in [0.2, 0.25) is 0 Å². The Balaban J connectivity index is -0.000000286. The van der Waals surface area contributed by atoms with E-state index in [2.05, 4.69) is 25.1 Å². The van der Waals surface area contributed by atoms with Crippen molar-refractivity contribution >= 4 is 5.91 Å². The number of rotatable bonds is 6. The Morgan fingerprint density at radius 1 is 1.14 bits per heavy atom. The van der Waals surface area contributed by atoms with Crippen molar-refractivity contribution in [1.82, 2.24) is 5.32 Å². The number of aliphatic hydroxyl groups excluding tert-OH is 1. The lowest BCUT2D eigenvalue weighted by Gasteiger charge is -2.00. The summed E-state index contributed by atoms with van der Waals surface area (Å²) in [5.74, 6) is 0.130. The zero-order chi connectivity index (χ0) is 17.1. The van der Waals surface area contributed by atoms with Gasteiger partial charge in [-0.05, 0) is 26.0 Å². The molecule has 0 aliphatic carbocycles. The fourth-order valence-electron chi connectivity index (χ4n) is 0.973. The fourth-order valence-corrected chi connectivity index (χ4v) is 0.973. The van der Waals surface area contributed by atoms with Gasteiger partial charge >= 0.3 is 0 Å². The van der Waals surface area contributed by atoms with Crippen LogP contribution in [0.1, 0.15) is 27.7 Å². The molecule has 0 aromatic carbocycles. The highest BCUT2D eigenvalue weighted by molar-refractivity contribution is 5.96. The summed E-state index contributed by atoms with van der Waals surface area (Å²) in [5.41, 5.74) is 0.543. The first-order valence-electron chi connectivity index (χ1n) is 6.95. The van der Waals surface area contributed by atoms with Crippen molar-refractivity contribution in [1.29, 1.82) is 0 Å². The minimum atomic E-state index is -0.109. The molecule has 3 heteroatoms. The molecule has 3 nitrogen and oxygen atoms in total. The highest BCUT2D eigenvalue weighted by Gasteiger charge is 2.00. The molecular weight excluding hydrogens is 262 g/mol. The van der Waals surface area contributed by atoms with Gasteiger partial charge in [0.2, 0.25) is 0 Å². The molecule has 0 spiro atoms. The molecule has 0 atom stereocenters. The number of amides is 1. The predicted octanol–water partition coefficient (Wildman–Crippen LogP) is 4.64. The van der Waals surface area contributed by atoms with Crippen LogP contribution in [-0.2, 0) is 4.79 Å². The maximum Gasteiger partial charge on any atom is 0.251 e. The molecule has 0 unspecified atom stereocenters. The van der Waals surface area contributed by atoms with Crippen LogP contribution in [0.25, 0.3) is 0 Å². The first-order valence-corrected chi connectivity index (χ1v) is 6.95. The summed E-state index contributed by atoms with van der Waals surface area (Å²) in [6.45, 7) is 18.7. The summed E-state index contributed by atoms with van der Waals surface area (Å²) in [5, 5.41) is 11.4. The first-order chi connectivity index (χ1) is 10.1. The molecule has 2 N–H and O–H groups in total. The summed E-state index contributed by atoms with van der Waals surface area (Å²) in [4.78, 5) is 11.1. The van der Waals surface area contributed by atoms with E-state index in [1.807, 2.05) is 27.7 Å². The van der Waals surface area contributed by atoms with Crippen LogP contribution in [0, 0.1) is 0 Å². The summed E-state index contributed by atoms with van der Waals surface area (Å²) < 4.78 is 0. The van der Waals surface area contributed by atoms with E-state index in [-0.39, 0.29) is 11.7 Å². The first kappa shape index (κ1) is 23.8. The van der Waals surface area contributed by atoms with Crippen molar-refractivity contribution in [3.05, 3.63) is 73.6 Å². The van der Waals surface area contributed by atoms with Gasteiger partial charge < -0.3 is 10.4 Å². The van der Waals surface area contributed by atoms with Gasteiger partial charge in [0, 0.05) is 12.1 Å². The van der Waals surface area contributed by atoms with E-state index < -0.39 is 0 Å². The van der Waals surface area contributed by atoms with E-state index in [1.54, 1.807) is 24.3 Å². The van der Waals surface area contributed by atoms with E-state index in [9.17, 15) is 4.79 Å². The molecule has 1 amide bonds. The SMILES string of the molecule is C=C/C=C(O)\C=C/C.C=C/C=C(\C=C)C(=O)NCC.CC. The molecule has 0 heterocycles. The van der Waals surface area contributed by atoms with Gasteiger partial charge in [0.1, 0.15) is 5.76 Å². The normalized spacial score (nSPS) is 10.5. The van der Waals surface area contributed by atoms with Crippen LogP contribution in [-0.4, -0.2) is 17.6 Å².